The summed E-state index contributed by atoms with van der Waals surface area (Å²) in [6.07, 6.45) is 4.17. The Morgan fingerprint density at radius 3 is 2.88 bits per heavy atom. The maximum absolute atomic E-state index is 12.9. The molecule has 1 rings (SSSR count). The zero-order chi connectivity index (χ0) is 12.0. The van der Waals surface area contributed by atoms with Crippen molar-refractivity contribution >= 4 is 12.0 Å². The van der Waals surface area contributed by atoms with E-state index >= 15 is 0 Å². The molecule has 0 heterocycles. The van der Waals surface area contributed by atoms with Gasteiger partial charge in [0.15, 0.2) is 0 Å². The molecular weight excluding hydrogens is 209 g/mol. The molecule has 0 aliphatic rings. The number of phenolic OH excluding ortho intramolecular Hbond substituents is 1. The Balaban J connectivity index is 2.46. The smallest absolute Gasteiger partial charge is 0.216 e. The first-order valence-corrected chi connectivity index (χ1v) is 4.98. The van der Waals surface area contributed by atoms with Crippen LogP contribution in [-0.2, 0) is 4.79 Å². The van der Waals surface area contributed by atoms with Crippen molar-refractivity contribution in [2.24, 2.45) is 0 Å². The number of halogens is 1. The molecule has 1 amide bonds. The molecule has 0 unspecified atom stereocenters. The first-order chi connectivity index (χ1) is 7.58. The van der Waals surface area contributed by atoms with Crippen LogP contribution in [0.15, 0.2) is 24.3 Å². The lowest BCUT2D eigenvalue weighted by atomic mass is 10.2. The first kappa shape index (κ1) is 12.2. The van der Waals surface area contributed by atoms with Crippen molar-refractivity contribution < 1.29 is 14.3 Å². The zero-order valence-corrected chi connectivity index (χ0v) is 9.03. The molecule has 16 heavy (non-hydrogen) atoms. The fraction of sp³-hybridized carbons (Fsp3) is 0.250. The lowest BCUT2D eigenvalue weighted by Crippen LogP contribution is -2.20. The van der Waals surface area contributed by atoms with Gasteiger partial charge in [-0.1, -0.05) is 12.2 Å². The average Bonchev–Trinajstić information content (AvgIpc) is 2.15. The maximum atomic E-state index is 12.9. The van der Waals surface area contributed by atoms with Gasteiger partial charge in [-0.15, -0.1) is 0 Å². The molecule has 0 aliphatic carbocycles. The second-order valence-electron chi connectivity index (χ2n) is 3.42. The summed E-state index contributed by atoms with van der Waals surface area (Å²) in [5, 5.41) is 11.8. The average molecular weight is 223 g/mol. The molecule has 0 bridgehead atoms. The molecule has 1 aromatic rings. The van der Waals surface area contributed by atoms with Crippen molar-refractivity contribution in [1.29, 1.82) is 0 Å². The van der Waals surface area contributed by atoms with Crippen molar-refractivity contribution in [3.8, 4) is 5.75 Å². The molecule has 0 aromatic heterocycles. The van der Waals surface area contributed by atoms with Crippen molar-refractivity contribution in [3.63, 3.8) is 0 Å². The molecule has 0 radical (unpaired) electrons. The van der Waals surface area contributed by atoms with E-state index in [-0.39, 0.29) is 11.7 Å². The summed E-state index contributed by atoms with van der Waals surface area (Å²) in [5.74, 6) is -0.639. The van der Waals surface area contributed by atoms with E-state index in [0.717, 1.165) is 6.07 Å². The fourth-order valence-corrected chi connectivity index (χ4v) is 1.24. The number of phenols is 1. The van der Waals surface area contributed by atoms with Gasteiger partial charge in [0.25, 0.3) is 0 Å². The van der Waals surface area contributed by atoms with Gasteiger partial charge in [-0.2, -0.15) is 0 Å². The summed E-state index contributed by atoms with van der Waals surface area (Å²) in [6.45, 7) is 2.00. The van der Waals surface area contributed by atoms with Crippen LogP contribution in [0.25, 0.3) is 6.08 Å². The summed E-state index contributed by atoms with van der Waals surface area (Å²) in [6, 6.07) is 3.85. The molecule has 0 spiro atoms. The molecule has 0 atom stereocenters. The van der Waals surface area contributed by atoms with Gasteiger partial charge in [-0.25, -0.2) is 4.39 Å². The molecule has 1 aromatic carbocycles. The minimum absolute atomic E-state index is 0.0724. The van der Waals surface area contributed by atoms with Crippen molar-refractivity contribution in [2.75, 3.05) is 6.54 Å². The normalized spacial score (nSPS) is 10.6. The minimum atomic E-state index is -0.471. The van der Waals surface area contributed by atoms with Crippen molar-refractivity contribution in [3.05, 3.63) is 35.7 Å². The Morgan fingerprint density at radius 2 is 2.25 bits per heavy atom. The highest BCUT2D eigenvalue weighted by molar-refractivity contribution is 5.72. The number of amides is 1. The van der Waals surface area contributed by atoms with Crippen LogP contribution in [-0.4, -0.2) is 17.6 Å². The van der Waals surface area contributed by atoms with Gasteiger partial charge in [0.2, 0.25) is 5.91 Å². The van der Waals surface area contributed by atoms with Crippen LogP contribution in [0.2, 0.25) is 0 Å². The Bertz CT molecular complexity index is 382. The van der Waals surface area contributed by atoms with Gasteiger partial charge in [-0.05, 0) is 24.1 Å². The highest BCUT2D eigenvalue weighted by Gasteiger charge is 1.96. The van der Waals surface area contributed by atoms with Crippen molar-refractivity contribution in [2.45, 2.75) is 13.3 Å². The molecule has 3 nitrogen and oxygen atoms in total. The molecule has 0 saturated heterocycles. The maximum Gasteiger partial charge on any atom is 0.216 e. The third-order valence-corrected chi connectivity index (χ3v) is 1.90. The van der Waals surface area contributed by atoms with Gasteiger partial charge in [0.05, 0.1) is 0 Å². The van der Waals surface area contributed by atoms with Gasteiger partial charge in [-0.3, -0.25) is 4.79 Å². The Kier molecular flexibility index (Phi) is 4.51. The number of nitrogens with one attached hydrogen (secondary N) is 1. The van der Waals surface area contributed by atoms with Crippen LogP contribution in [0.5, 0.6) is 5.75 Å². The quantitative estimate of drug-likeness (QED) is 0.768. The van der Waals surface area contributed by atoms with Crippen LogP contribution in [0.4, 0.5) is 4.39 Å². The lowest BCUT2D eigenvalue weighted by molar-refractivity contribution is -0.118. The standard InChI is InChI=1S/C12H14FNO2/c1-9(15)14-5-3-2-4-10-6-11(13)8-12(16)7-10/h2,4,6-8,16H,3,5H2,1H3,(H,14,15). The minimum Gasteiger partial charge on any atom is -0.508 e. The monoisotopic (exact) mass is 223 g/mol. The topological polar surface area (TPSA) is 49.3 Å². The van der Waals surface area contributed by atoms with Gasteiger partial charge >= 0.3 is 0 Å². The van der Waals surface area contributed by atoms with Crippen LogP contribution in [0.3, 0.4) is 0 Å². The largest absolute Gasteiger partial charge is 0.508 e. The van der Waals surface area contributed by atoms with E-state index in [4.69, 9.17) is 5.11 Å². The summed E-state index contributed by atoms with van der Waals surface area (Å²) >= 11 is 0. The third kappa shape index (κ3) is 4.59. The molecule has 86 valence electrons. The first-order valence-electron chi connectivity index (χ1n) is 4.98. The molecular formula is C12H14FNO2. The fourth-order valence-electron chi connectivity index (χ4n) is 1.24. The molecule has 4 heteroatoms. The van der Waals surface area contributed by atoms with Gasteiger partial charge < -0.3 is 10.4 Å². The number of aromatic hydroxyl groups is 1. The number of hydrogen-bond acceptors (Lipinski definition) is 2. The van der Waals surface area contributed by atoms with E-state index in [1.165, 1.54) is 19.1 Å². The van der Waals surface area contributed by atoms with Gasteiger partial charge in [0.1, 0.15) is 11.6 Å². The highest BCUT2D eigenvalue weighted by Crippen LogP contribution is 2.15. The SMILES string of the molecule is CC(=O)NCCC=Cc1cc(O)cc(F)c1. The Morgan fingerprint density at radius 1 is 1.50 bits per heavy atom. The number of rotatable bonds is 4. The number of carbonyl (C=O) groups is 1. The Hall–Kier alpha value is -1.84. The summed E-state index contributed by atoms with van der Waals surface area (Å²) < 4.78 is 12.9. The van der Waals surface area contributed by atoms with Gasteiger partial charge in [0, 0.05) is 19.5 Å². The summed E-state index contributed by atoms with van der Waals surface area (Å²) in [4.78, 5) is 10.5. The number of benzene rings is 1. The second-order valence-corrected chi connectivity index (χ2v) is 3.42. The summed E-state index contributed by atoms with van der Waals surface area (Å²) in [7, 11) is 0. The van der Waals surface area contributed by atoms with Crippen LogP contribution in [0.1, 0.15) is 18.9 Å². The van der Waals surface area contributed by atoms with E-state index < -0.39 is 5.82 Å². The lowest BCUT2D eigenvalue weighted by Gasteiger charge is -1.98. The van der Waals surface area contributed by atoms with Crippen LogP contribution in [0, 0.1) is 5.82 Å². The molecule has 0 aliphatic heterocycles. The predicted molar refractivity (Wildman–Crippen MR) is 60.4 cm³/mol. The highest BCUT2D eigenvalue weighted by atomic mass is 19.1. The van der Waals surface area contributed by atoms with E-state index in [1.54, 1.807) is 6.08 Å². The van der Waals surface area contributed by atoms with Crippen LogP contribution >= 0.6 is 0 Å². The third-order valence-electron chi connectivity index (χ3n) is 1.90. The number of carbonyl (C=O) groups excluding carboxylic acids is 1. The van der Waals surface area contributed by atoms with E-state index in [0.29, 0.717) is 18.5 Å². The van der Waals surface area contributed by atoms with E-state index in [2.05, 4.69) is 5.32 Å². The number of hydrogen-bond donors (Lipinski definition) is 2. The molecule has 2 N–H and O–H groups in total. The summed E-state index contributed by atoms with van der Waals surface area (Å²) in [5.41, 5.74) is 0.598. The van der Waals surface area contributed by atoms with E-state index in [1.807, 2.05) is 6.08 Å². The van der Waals surface area contributed by atoms with Crippen LogP contribution < -0.4 is 5.32 Å². The zero-order valence-electron chi connectivity index (χ0n) is 9.03. The molecule has 0 saturated carbocycles. The molecule has 0 fully saturated rings. The predicted octanol–water partition coefficient (Wildman–Crippen LogP) is 2.07. The Labute approximate surface area is 93.6 Å². The second kappa shape index (κ2) is 5.90. The van der Waals surface area contributed by atoms with Crippen molar-refractivity contribution in [1.82, 2.24) is 5.32 Å². The van der Waals surface area contributed by atoms with E-state index in [9.17, 15) is 9.18 Å².